The van der Waals surface area contributed by atoms with Crippen LogP contribution in [0.4, 0.5) is 0 Å². The number of benzene rings is 1. The van der Waals surface area contributed by atoms with E-state index in [4.69, 9.17) is 4.74 Å². The minimum atomic E-state index is 0.687. The first-order chi connectivity index (χ1) is 8.90. The lowest BCUT2D eigenvalue weighted by Gasteiger charge is -2.22. The van der Waals surface area contributed by atoms with Crippen molar-refractivity contribution in [3.63, 3.8) is 0 Å². The number of ether oxygens (including phenoxy) is 1. The Morgan fingerprint density at radius 2 is 1.94 bits per heavy atom. The van der Waals surface area contributed by atoms with Gasteiger partial charge in [-0.1, -0.05) is 31.0 Å². The largest absolute Gasteiger partial charge is 0.494 e. The molecule has 1 aromatic carbocycles. The average Bonchev–Trinajstić information content (AvgIpc) is 2.94. The third-order valence-electron chi connectivity index (χ3n) is 4.01. The summed E-state index contributed by atoms with van der Waals surface area (Å²) < 4.78 is 5.74. The molecule has 1 aromatic rings. The van der Waals surface area contributed by atoms with E-state index >= 15 is 0 Å². The van der Waals surface area contributed by atoms with Gasteiger partial charge in [0.05, 0.1) is 6.61 Å². The molecule has 100 valence electrons. The van der Waals surface area contributed by atoms with Crippen LogP contribution < -0.4 is 10.1 Å². The van der Waals surface area contributed by atoms with Crippen molar-refractivity contribution in [2.45, 2.75) is 44.6 Å². The molecule has 1 N–H and O–H groups in total. The molecular weight excluding hydrogens is 222 g/mol. The predicted molar refractivity (Wildman–Crippen MR) is 76.0 cm³/mol. The molecule has 2 heteroatoms. The Labute approximate surface area is 111 Å². The number of rotatable bonds is 7. The van der Waals surface area contributed by atoms with Gasteiger partial charge in [-0.25, -0.2) is 0 Å². The van der Waals surface area contributed by atoms with Crippen LogP contribution in [-0.2, 0) is 0 Å². The Hall–Kier alpha value is -1.02. The van der Waals surface area contributed by atoms with Crippen molar-refractivity contribution in [3.05, 3.63) is 30.3 Å². The maximum Gasteiger partial charge on any atom is 0.119 e. The molecule has 1 atom stereocenters. The van der Waals surface area contributed by atoms with Crippen LogP contribution in [0, 0.1) is 5.92 Å². The number of hydrogen-bond acceptors (Lipinski definition) is 2. The molecule has 1 aliphatic rings. The van der Waals surface area contributed by atoms with Gasteiger partial charge in [0.25, 0.3) is 0 Å². The lowest BCUT2D eigenvalue weighted by atomic mass is 9.94. The Morgan fingerprint density at radius 1 is 1.22 bits per heavy atom. The lowest BCUT2D eigenvalue weighted by Crippen LogP contribution is -2.32. The Bertz CT molecular complexity index is 319. The van der Waals surface area contributed by atoms with Crippen LogP contribution in [0.25, 0.3) is 0 Å². The van der Waals surface area contributed by atoms with Crippen molar-refractivity contribution in [2.75, 3.05) is 13.7 Å². The fourth-order valence-electron chi connectivity index (χ4n) is 2.99. The Balaban J connectivity index is 1.64. The van der Waals surface area contributed by atoms with Crippen molar-refractivity contribution in [1.29, 1.82) is 0 Å². The van der Waals surface area contributed by atoms with Crippen LogP contribution in [0.1, 0.15) is 38.5 Å². The molecule has 1 fully saturated rings. The van der Waals surface area contributed by atoms with E-state index in [0.717, 1.165) is 24.7 Å². The number of hydrogen-bond donors (Lipinski definition) is 1. The van der Waals surface area contributed by atoms with Crippen LogP contribution in [0.5, 0.6) is 5.75 Å². The number of para-hydroxylation sites is 1. The van der Waals surface area contributed by atoms with Gasteiger partial charge in [-0.2, -0.15) is 0 Å². The van der Waals surface area contributed by atoms with Gasteiger partial charge in [0, 0.05) is 6.04 Å². The van der Waals surface area contributed by atoms with E-state index in [1.54, 1.807) is 0 Å². The molecule has 18 heavy (non-hydrogen) atoms. The summed E-state index contributed by atoms with van der Waals surface area (Å²) in [5, 5.41) is 3.49. The highest BCUT2D eigenvalue weighted by Crippen LogP contribution is 2.29. The normalized spacial score (nSPS) is 17.8. The zero-order valence-electron chi connectivity index (χ0n) is 11.4. The predicted octanol–water partition coefficient (Wildman–Crippen LogP) is 3.62. The topological polar surface area (TPSA) is 21.3 Å². The highest BCUT2D eigenvalue weighted by atomic mass is 16.5. The second-order valence-corrected chi connectivity index (χ2v) is 5.24. The molecule has 2 nitrogen and oxygen atoms in total. The van der Waals surface area contributed by atoms with Gasteiger partial charge in [0.15, 0.2) is 0 Å². The van der Waals surface area contributed by atoms with Gasteiger partial charge in [-0.3, -0.25) is 0 Å². The molecule has 0 heterocycles. The van der Waals surface area contributed by atoms with E-state index in [1.165, 1.54) is 32.1 Å². The maximum atomic E-state index is 5.74. The smallest absolute Gasteiger partial charge is 0.119 e. The Morgan fingerprint density at radius 3 is 2.61 bits per heavy atom. The van der Waals surface area contributed by atoms with Crippen molar-refractivity contribution < 1.29 is 4.74 Å². The molecule has 0 amide bonds. The SMILES string of the molecule is CNC(CCCOc1ccccc1)C1CCCC1. The van der Waals surface area contributed by atoms with Gasteiger partial charge in [0.1, 0.15) is 5.75 Å². The first-order valence-corrected chi connectivity index (χ1v) is 7.25. The van der Waals surface area contributed by atoms with Crippen LogP contribution in [0.15, 0.2) is 30.3 Å². The van der Waals surface area contributed by atoms with Crippen LogP contribution in [0.2, 0.25) is 0 Å². The summed E-state index contributed by atoms with van der Waals surface area (Å²) in [5.74, 6) is 1.88. The molecule has 1 aliphatic carbocycles. The molecular formula is C16H25NO. The van der Waals surface area contributed by atoms with Gasteiger partial charge < -0.3 is 10.1 Å². The second kappa shape index (κ2) is 7.42. The van der Waals surface area contributed by atoms with E-state index in [0.29, 0.717) is 6.04 Å². The molecule has 0 saturated heterocycles. The highest BCUT2D eigenvalue weighted by molar-refractivity contribution is 5.20. The average molecular weight is 247 g/mol. The van der Waals surface area contributed by atoms with Crippen molar-refractivity contribution in [3.8, 4) is 5.75 Å². The highest BCUT2D eigenvalue weighted by Gasteiger charge is 2.23. The van der Waals surface area contributed by atoms with Crippen LogP contribution in [-0.4, -0.2) is 19.7 Å². The van der Waals surface area contributed by atoms with E-state index in [2.05, 4.69) is 12.4 Å². The third kappa shape index (κ3) is 4.02. The molecule has 0 bridgehead atoms. The molecule has 0 spiro atoms. The van der Waals surface area contributed by atoms with Crippen LogP contribution >= 0.6 is 0 Å². The molecule has 0 aliphatic heterocycles. The lowest BCUT2D eigenvalue weighted by molar-refractivity contribution is 0.278. The van der Waals surface area contributed by atoms with Crippen molar-refractivity contribution in [1.82, 2.24) is 5.32 Å². The van der Waals surface area contributed by atoms with E-state index < -0.39 is 0 Å². The molecule has 2 rings (SSSR count). The summed E-state index contributed by atoms with van der Waals surface area (Å²) in [7, 11) is 2.10. The summed E-state index contributed by atoms with van der Waals surface area (Å²) in [6.07, 6.45) is 8.02. The summed E-state index contributed by atoms with van der Waals surface area (Å²) in [6.45, 7) is 0.828. The fourth-order valence-corrected chi connectivity index (χ4v) is 2.99. The molecule has 1 unspecified atom stereocenters. The van der Waals surface area contributed by atoms with E-state index in [9.17, 15) is 0 Å². The summed E-state index contributed by atoms with van der Waals surface area (Å²) in [5.41, 5.74) is 0. The molecule has 1 saturated carbocycles. The minimum absolute atomic E-state index is 0.687. The zero-order chi connectivity index (χ0) is 12.6. The van der Waals surface area contributed by atoms with E-state index in [-0.39, 0.29) is 0 Å². The molecule has 0 radical (unpaired) electrons. The first-order valence-electron chi connectivity index (χ1n) is 7.25. The summed E-state index contributed by atoms with van der Waals surface area (Å²) in [6, 6.07) is 10.8. The first kappa shape index (κ1) is 13.4. The minimum Gasteiger partial charge on any atom is -0.494 e. The third-order valence-corrected chi connectivity index (χ3v) is 4.01. The fraction of sp³-hybridized carbons (Fsp3) is 0.625. The number of nitrogens with one attached hydrogen (secondary N) is 1. The standard InChI is InChI=1S/C16H25NO/c1-17-16(14-8-5-6-9-14)12-7-13-18-15-10-3-2-4-11-15/h2-4,10-11,14,16-17H,5-9,12-13H2,1H3. The van der Waals surface area contributed by atoms with Gasteiger partial charge in [-0.15, -0.1) is 0 Å². The zero-order valence-corrected chi connectivity index (χ0v) is 11.4. The van der Waals surface area contributed by atoms with Crippen molar-refractivity contribution >= 4 is 0 Å². The summed E-state index contributed by atoms with van der Waals surface area (Å²) in [4.78, 5) is 0. The van der Waals surface area contributed by atoms with Gasteiger partial charge in [0.2, 0.25) is 0 Å². The molecule has 0 aromatic heterocycles. The van der Waals surface area contributed by atoms with E-state index in [1.807, 2.05) is 30.3 Å². The maximum absolute atomic E-state index is 5.74. The van der Waals surface area contributed by atoms with Crippen molar-refractivity contribution in [2.24, 2.45) is 5.92 Å². The van der Waals surface area contributed by atoms with Gasteiger partial charge in [-0.05, 0) is 50.8 Å². The quantitative estimate of drug-likeness (QED) is 0.743. The second-order valence-electron chi connectivity index (χ2n) is 5.24. The Kier molecular flexibility index (Phi) is 5.53. The van der Waals surface area contributed by atoms with Gasteiger partial charge >= 0.3 is 0 Å². The van der Waals surface area contributed by atoms with Crippen LogP contribution in [0.3, 0.4) is 0 Å². The monoisotopic (exact) mass is 247 g/mol. The summed E-state index contributed by atoms with van der Waals surface area (Å²) >= 11 is 0.